The standard InChI is InChI=1S/C15H11N3O2/c19-15-16-13(11-7-3-1-4-8-11)14(17-18(15)20)12-9-5-2-6-10-12/h1-10,20H. The van der Waals surface area contributed by atoms with Gasteiger partial charge in [-0.05, 0) is 4.85 Å². The van der Waals surface area contributed by atoms with Gasteiger partial charge in [-0.2, -0.15) is 4.98 Å². The predicted molar refractivity (Wildman–Crippen MR) is 74.3 cm³/mol. The molecular formula is C15H11N3O2. The largest absolute Gasteiger partial charge is 0.407 e. The van der Waals surface area contributed by atoms with Crippen molar-refractivity contribution >= 4 is 0 Å². The first-order valence-corrected chi connectivity index (χ1v) is 6.07. The van der Waals surface area contributed by atoms with Crippen molar-refractivity contribution in [2.24, 2.45) is 0 Å². The van der Waals surface area contributed by atoms with E-state index in [2.05, 4.69) is 10.1 Å². The van der Waals surface area contributed by atoms with Gasteiger partial charge in [-0.3, -0.25) is 0 Å². The van der Waals surface area contributed by atoms with E-state index in [0.717, 1.165) is 11.1 Å². The van der Waals surface area contributed by atoms with Crippen molar-refractivity contribution in [1.29, 1.82) is 0 Å². The van der Waals surface area contributed by atoms with Crippen LogP contribution in [0.4, 0.5) is 0 Å². The lowest BCUT2D eigenvalue weighted by atomic mass is 10.0. The van der Waals surface area contributed by atoms with Crippen molar-refractivity contribution < 1.29 is 5.21 Å². The van der Waals surface area contributed by atoms with Gasteiger partial charge in [0.2, 0.25) is 0 Å². The quantitative estimate of drug-likeness (QED) is 0.721. The first kappa shape index (κ1) is 12.1. The summed E-state index contributed by atoms with van der Waals surface area (Å²) in [6.07, 6.45) is 0. The number of nitrogens with zero attached hydrogens (tertiary/aromatic N) is 3. The summed E-state index contributed by atoms with van der Waals surface area (Å²) in [6.45, 7) is 0. The lowest BCUT2D eigenvalue weighted by Crippen LogP contribution is -2.24. The van der Waals surface area contributed by atoms with Gasteiger partial charge in [0, 0.05) is 11.1 Å². The molecule has 5 heteroatoms. The highest BCUT2D eigenvalue weighted by Crippen LogP contribution is 2.26. The molecule has 0 aliphatic heterocycles. The van der Waals surface area contributed by atoms with Gasteiger partial charge in [-0.1, -0.05) is 60.7 Å². The summed E-state index contributed by atoms with van der Waals surface area (Å²) in [5, 5.41) is 13.4. The normalized spacial score (nSPS) is 10.4. The monoisotopic (exact) mass is 265 g/mol. The Balaban J connectivity index is 2.29. The van der Waals surface area contributed by atoms with E-state index in [4.69, 9.17) is 0 Å². The number of hydrogen-bond acceptors (Lipinski definition) is 4. The summed E-state index contributed by atoms with van der Waals surface area (Å²) in [4.78, 5) is 15.7. The highest BCUT2D eigenvalue weighted by atomic mass is 16.5. The second-order valence-electron chi connectivity index (χ2n) is 4.21. The molecule has 5 nitrogen and oxygen atoms in total. The van der Waals surface area contributed by atoms with E-state index in [-0.39, 0.29) is 4.85 Å². The minimum Gasteiger partial charge on any atom is -0.407 e. The van der Waals surface area contributed by atoms with Crippen LogP contribution < -0.4 is 5.69 Å². The maximum absolute atomic E-state index is 11.5. The molecule has 1 aromatic heterocycles. The van der Waals surface area contributed by atoms with E-state index in [9.17, 15) is 10.0 Å². The topological polar surface area (TPSA) is 68.0 Å². The number of hydrogen-bond donors (Lipinski definition) is 1. The predicted octanol–water partition coefficient (Wildman–Crippen LogP) is 2.21. The molecule has 0 saturated carbocycles. The number of aromatic nitrogens is 3. The Bertz CT molecular complexity index is 783. The van der Waals surface area contributed by atoms with E-state index in [1.54, 1.807) is 0 Å². The van der Waals surface area contributed by atoms with Crippen molar-refractivity contribution in [2.75, 3.05) is 0 Å². The van der Waals surface area contributed by atoms with Gasteiger partial charge in [-0.15, -0.1) is 5.10 Å². The van der Waals surface area contributed by atoms with Crippen LogP contribution in [0.1, 0.15) is 0 Å². The minimum absolute atomic E-state index is 0.259. The van der Waals surface area contributed by atoms with Crippen LogP contribution in [0.5, 0.6) is 0 Å². The van der Waals surface area contributed by atoms with Crippen molar-refractivity contribution in [3.8, 4) is 22.5 Å². The molecule has 0 spiro atoms. The Kier molecular flexibility index (Phi) is 3.01. The highest BCUT2D eigenvalue weighted by Gasteiger charge is 2.13. The van der Waals surface area contributed by atoms with E-state index in [0.29, 0.717) is 11.4 Å². The van der Waals surface area contributed by atoms with Crippen LogP contribution in [0.25, 0.3) is 22.5 Å². The Hall–Kier alpha value is -2.95. The van der Waals surface area contributed by atoms with Gasteiger partial charge in [0.25, 0.3) is 0 Å². The minimum atomic E-state index is -0.802. The highest BCUT2D eigenvalue weighted by molar-refractivity contribution is 5.77. The molecule has 1 N–H and O–H groups in total. The summed E-state index contributed by atoms with van der Waals surface area (Å²) in [7, 11) is 0. The number of rotatable bonds is 2. The molecule has 3 rings (SSSR count). The van der Waals surface area contributed by atoms with E-state index in [1.807, 2.05) is 60.7 Å². The van der Waals surface area contributed by atoms with Crippen LogP contribution >= 0.6 is 0 Å². The summed E-state index contributed by atoms with van der Waals surface area (Å²) in [5.74, 6) is 0. The van der Waals surface area contributed by atoms with Crippen LogP contribution in [0.15, 0.2) is 65.5 Å². The molecular weight excluding hydrogens is 254 g/mol. The van der Waals surface area contributed by atoms with Crippen LogP contribution in [0.2, 0.25) is 0 Å². The van der Waals surface area contributed by atoms with Crippen LogP contribution in [-0.2, 0) is 0 Å². The molecule has 3 aromatic rings. The van der Waals surface area contributed by atoms with Gasteiger partial charge >= 0.3 is 5.69 Å². The molecule has 2 aromatic carbocycles. The maximum Gasteiger partial charge on any atom is 0.398 e. The number of benzene rings is 2. The third-order valence-corrected chi connectivity index (χ3v) is 2.89. The zero-order chi connectivity index (χ0) is 13.9. The summed E-state index contributed by atoms with van der Waals surface area (Å²) in [5.41, 5.74) is 1.66. The van der Waals surface area contributed by atoms with E-state index in [1.165, 1.54) is 0 Å². The Morgan fingerprint density at radius 2 is 1.30 bits per heavy atom. The molecule has 0 unspecified atom stereocenters. The van der Waals surface area contributed by atoms with E-state index >= 15 is 0 Å². The Morgan fingerprint density at radius 1 is 0.800 bits per heavy atom. The molecule has 98 valence electrons. The van der Waals surface area contributed by atoms with Crippen LogP contribution in [-0.4, -0.2) is 20.1 Å². The average molecular weight is 265 g/mol. The maximum atomic E-state index is 11.5. The van der Waals surface area contributed by atoms with Gasteiger partial charge < -0.3 is 5.21 Å². The fourth-order valence-electron chi connectivity index (χ4n) is 1.97. The van der Waals surface area contributed by atoms with Gasteiger partial charge in [-0.25, -0.2) is 4.79 Å². The van der Waals surface area contributed by atoms with Gasteiger partial charge in [0.05, 0.1) is 0 Å². The van der Waals surface area contributed by atoms with Crippen molar-refractivity contribution in [2.45, 2.75) is 0 Å². The van der Waals surface area contributed by atoms with Crippen molar-refractivity contribution in [3.63, 3.8) is 0 Å². The van der Waals surface area contributed by atoms with Crippen LogP contribution in [0, 0.1) is 0 Å². The molecule has 0 bridgehead atoms. The average Bonchev–Trinajstić information content (AvgIpc) is 2.51. The second kappa shape index (κ2) is 4.97. The first-order chi connectivity index (χ1) is 9.75. The van der Waals surface area contributed by atoms with E-state index < -0.39 is 5.69 Å². The molecule has 0 aliphatic carbocycles. The molecule has 0 saturated heterocycles. The molecule has 0 atom stereocenters. The smallest absolute Gasteiger partial charge is 0.398 e. The second-order valence-corrected chi connectivity index (χ2v) is 4.21. The van der Waals surface area contributed by atoms with Crippen LogP contribution in [0.3, 0.4) is 0 Å². The summed E-state index contributed by atoms with van der Waals surface area (Å²) in [6, 6.07) is 18.6. The van der Waals surface area contributed by atoms with Gasteiger partial charge in [0.1, 0.15) is 11.4 Å². The molecule has 0 fully saturated rings. The SMILES string of the molecule is O=c1nc(-c2ccccc2)c(-c2ccccc2)nn1O. The lowest BCUT2D eigenvalue weighted by Gasteiger charge is -2.08. The fourth-order valence-corrected chi connectivity index (χ4v) is 1.97. The zero-order valence-electron chi connectivity index (χ0n) is 10.5. The first-order valence-electron chi connectivity index (χ1n) is 6.07. The lowest BCUT2D eigenvalue weighted by molar-refractivity contribution is 0.130. The molecule has 1 heterocycles. The molecule has 0 aliphatic rings. The van der Waals surface area contributed by atoms with Gasteiger partial charge in [0.15, 0.2) is 0 Å². The molecule has 0 radical (unpaired) electrons. The zero-order valence-corrected chi connectivity index (χ0v) is 10.5. The summed E-state index contributed by atoms with van der Waals surface area (Å²) >= 11 is 0. The third kappa shape index (κ3) is 2.16. The summed E-state index contributed by atoms with van der Waals surface area (Å²) < 4.78 is 0. The Labute approximate surface area is 114 Å². The van der Waals surface area contributed by atoms with Crippen molar-refractivity contribution in [3.05, 3.63) is 71.1 Å². The third-order valence-electron chi connectivity index (χ3n) is 2.89. The van der Waals surface area contributed by atoms with Crippen molar-refractivity contribution in [1.82, 2.24) is 14.9 Å². The fraction of sp³-hybridized carbons (Fsp3) is 0. The Morgan fingerprint density at radius 3 is 1.85 bits per heavy atom. The molecule has 20 heavy (non-hydrogen) atoms. The molecule has 0 amide bonds.